The number of sulfone groups is 1. The number of carbonyl (C=O) groups excluding carboxylic acids is 1. The van der Waals surface area contributed by atoms with Crippen molar-refractivity contribution in [2.45, 2.75) is 31.3 Å². The highest BCUT2D eigenvalue weighted by Crippen LogP contribution is 2.44. The molecule has 0 radical (unpaired) electrons. The number of aliphatic hydroxyl groups is 1. The van der Waals surface area contributed by atoms with Crippen LogP contribution in [0.3, 0.4) is 0 Å². The molecule has 1 aromatic rings. The Kier molecular flexibility index (Phi) is 5.15. The zero-order valence-corrected chi connectivity index (χ0v) is 14.8. The fourth-order valence-corrected chi connectivity index (χ4v) is 5.35. The second-order valence-corrected chi connectivity index (χ2v) is 9.19. The molecule has 1 aliphatic heterocycles. The summed E-state index contributed by atoms with van der Waals surface area (Å²) >= 11 is 0. The van der Waals surface area contributed by atoms with Crippen molar-refractivity contribution in [3.8, 4) is 0 Å². The number of hydrogen-bond donors (Lipinski definition) is 3. The van der Waals surface area contributed by atoms with E-state index in [1.807, 2.05) is 42.5 Å². The third-order valence-corrected chi connectivity index (χ3v) is 6.89. The molecule has 0 bridgehead atoms. The van der Waals surface area contributed by atoms with Crippen LogP contribution in [0.15, 0.2) is 42.5 Å². The predicted octanol–water partition coefficient (Wildman–Crippen LogP) is 1.54. The Hall–Kier alpha value is -1.86. The van der Waals surface area contributed by atoms with Crippen molar-refractivity contribution in [1.82, 2.24) is 10.6 Å². The van der Waals surface area contributed by atoms with E-state index in [-0.39, 0.29) is 30.2 Å². The lowest BCUT2D eigenvalue weighted by molar-refractivity contribution is 0.0947. The SMILES string of the molecule is O=C(NC1CCS(=O)(=O)C1)NC(c1ccccc1)C1(CO)CC=CC1. The third kappa shape index (κ3) is 4.04. The first-order valence-electron chi connectivity index (χ1n) is 8.52. The highest BCUT2D eigenvalue weighted by Gasteiger charge is 2.41. The summed E-state index contributed by atoms with van der Waals surface area (Å²) in [6.07, 6.45) is 5.85. The van der Waals surface area contributed by atoms with Crippen molar-refractivity contribution in [3.05, 3.63) is 48.0 Å². The van der Waals surface area contributed by atoms with Gasteiger partial charge < -0.3 is 15.7 Å². The topological polar surface area (TPSA) is 95.5 Å². The molecule has 2 amide bonds. The molecule has 2 aliphatic rings. The van der Waals surface area contributed by atoms with Crippen LogP contribution in [-0.2, 0) is 9.84 Å². The number of amides is 2. The van der Waals surface area contributed by atoms with E-state index in [2.05, 4.69) is 10.6 Å². The zero-order chi connectivity index (χ0) is 17.9. The lowest BCUT2D eigenvalue weighted by atomic mass is 9.75. The van der Waals surface area contributed by atoms with E-state index < -0.39 is 21.3 Å². The van der Waals surface area contributed by atoms with Crippen molar-refractivity contribution < 1.29 is 18.3 Å². The lowest BCUT2D eigenvalue weighted by Gasteiger charge is -2.37. The van der Waals surface area contributed by atoms with Gasteiger partial charge in [0, 0.05) is 11.5 Å². The van der Waals surface area contributed by atoms with Gasteiger partial charge in [-0.1, -0.05) is 42.5 Å². The molecule has 2 unspecified atom stereocenters. The molecule has 0 saturated carbocycles. The smallest absolute Gasteiger partial charge is 0.315 e. The molecule has 0 spiro atoms. The first kappa shape index (κ1) is 17.9. The number of carbonyl (C=O) groups is 1. The number of allylic oxidation sites excluding steroid dienone is 2. The van der Waals surface area contributed by atoms with Crippen molar-refractivity contribution in [2.75, 3.05) is 18.1 Å². The van der Waals surface area contributed by atoms with Crippen LogP contribution in [0.5, 0.6) is 0 Å². The Morgan fingerprint density at radius 2 is 1.92 bits per heavy atom. The van der Waals surface area contributed by atoms with Gasteiger partial charge in [-0.2, -0.15) is 0 Å². The summed E-state index contributed by atoms with van der Waals surface area (Å²) in [4.78, 5) is 12.5. The quantitative estimate of drug-likeness (QED) is 0.691. The van der Waals surface area contributed by atoms with Gasteiger partial charge in [-0.3, -0.25) is 0 Å². The number of benzene rings is 1. The summed E-state index contributed by atoms with van der Waals surface area (Å²) in [5.41, 5.74) is 0.454. The van der Waals surface area contributed by atoms with Crippen molar-refractivity contribution in [1.29, 1.82) is 0 Å². The lowest BCUT2D eigenvalue weighted by Crippen LogP contribution is -2.48. The zero-order valence-electron chi connectivity index (χ0n) is 14.0. The molecule has 6 nitrogen and oxygen atoms in total. The number of hydrogen-bond acceptors (Lipinski definition) is 4. The average Bonchev–Trinajstić information content (AvgIpc) is 3.20. The van der Waals surface area contributed by atoms with Crippen molar-refractivity contribution in [3.63, 3.8) is 0 Å². The van der Waals surface area contributed by atoms with Crippen LogP contribution in [-0.4, -0.2) is 43.7 Å². The van der Waals surface area contributed by atoms with E-state index in [0.717, 1.165) is 5.56 Å². The molecule has 25 heavy (non-hydrogen) atoms. The van der Waals surface area contributed by atoms with E-state index in [0.29, 0.717) is 19.3 Å². The molecule has 3 N–H and O–H groups in total. The summed E-state index contributed by atoms with van der Waals surface area (Å²) in [5, 5.41) is 15.8. The second kappa shape index (κ2) is 7.17. The molecule has 0 aromatic heterocycles. The second-order valence-electron chi connectivity index (χ2n) is 6.96. The largest absolute Gasteiger partial charge is 0.396 e. The van der Waals surface area contributed by atoms with E-state index in [4.69, 9.17) is 0 Å². The van der Waals surface area contributed by atoms with E-state index >= 15 is 0 Å². The summed E-state index contributed by atoms with van der Waals surface area (Å²) in [5.74, 6) is 0.105. The fraction of sp³-hybridized carbons (Fsp3) is 0.500. The van der Waals surface area contributed by atoms with E-state index in [1.54, 1.807) is 0 Å². The molecule has 1 saturated heterocycles. The fourth-order valence-electron chi connectivity index (χ4n) is 3.68. The minimum absolute atomic E-state index is 0.0108. The maximum Gasteiger partial charge on any atom is 0.315 e. The van der Waals surface area contributed by atoms with Crippen molar-refractivity contribution in [2.24, 2.45) is 5.41 Å². The Bertz CT molecular complexity index is 738. The minimum atomic E-state index is -3.05. The first-order valence-corrected chi connectivity index (χ1v) is 10.3. The average molecular weight is 364 g/mol. The molecule has 1 heterocycles. The van der Waals surface area contributed by atoms with Gasteiger partial charge >= 0.3 is 6.03 Å². The molecule has 1 aromatic carbocycles. The number of aliphatic hydroxyl groups excluding tert-OH is 1. The normalized spacial score (nSPS) is 24.8. The van der Waals surface area contributed by atoms with Crippen LogP contribution < -0.4 is 10.6 Å². The van der Waals surface area contributed by atoms with Gasteiger partial charge in [-0.15, -0.1) is 0 Å². The molecule has 7 heteroatoms. The molecular weight excluding hydrogens is 340 g/mol. The van der Waals surface area contributed by atoms with Crippen LogP contribution in [0.2, 0.25) is 0 Å². The number of rotatable bonds is 5. The van der Waals surface area contributed by atoms with Crippen LogP contribution in [0.1, 0.15) is 30.9 Å². The summed E-state index contributed by atoms with van der Waals surface area (Å²) in [7, 11) is -3.05. The Labute approximate surface area is 148 Å². The van der Waals surface area contributed by atoms with Gasteiger partial charge in [0.25, 0.3) is 0 Å². The van der Waals surface area contributed by atoms with Crippen molar-refractivity contribution >= 4 is 15.9 Å². The van der Waals surface area contributed by atoms with Crippen LogP contribution in [0, 0.1) is 5.41 Å². The summed E-state index contributed by atoms with van der Waals surface area (Å²) in [6.45, 7) is -0.0440. The van der Waals surface area contributed by atoms with Gasteiger partial charge in [-0.05, 0) is 24.8 Å². The summed E-state index contributed by atoms with van der Waals surface area (Å²) < 4.78 is 23.1. The molecule has 1 fully saturated rings. The Balaban J connectivity index is 1.75. The van der Waals surface area contributed by atoms with Gasteiger partial charge in [0.15, 0.2) is 9.84 Å². The molecule has 2 atom stereocenters. The van der Waals surface area contributed by atoms with E-state index in [1.165, 1.54) is 0 Å². The standard InChI is InChI=1S/C18H24N2O4S/c21-13-18(9-4-5-10-18)16(14-6-2-1-3-7-14)20-17(22)19-15-8-11-25(23,24)12-15/h1-7,15-16,21H,8-13H2,(H2,19,20,22). The summed E-state index contributed by atoms with van der Waals surface area (Å²) in [6, 6.07) is 8.47. The predicted molar refractivity (Wildman–Crippen MR) is 95.8 cm³/mol. The van der Waals surface area contributed by atoms with Gasteiger partial charge in [-0.25, -0.2) is 13.2 Å². The Morgan fingerprint density at radius 1 is 1.24 bits per heavy atom. The maximum atomic E-state index is 12.5. The third-order valence-electron chi connectivity index (χ3n) is 5.12. The first-order chi connectivity index (χ1) is 11.9. The van der Waals surface area contributed by atoms with Gasteiger partial charge in [0.2, 0.25) is 0 Å². The monoisotopic (exact) mass is 364 g/mol. The van der Waals surface area contributed by atoms with E-state index in [9.17, 15) is 18.3 Å². The highest BCUT2D eigenvalue weighted by atomic mass is 32.2. The molecular formula is C18H24N2O4S. The molecule has 3 rings (SSSR count). The van der Waals surface area contributed by atoms with Crippen LogP contribution >= 0.6 is 0 Å². The minimum Gasteiger partial charge on any atom is -0.396 e. The molecule has 1 aliphatic carbocycles. The number of urea groups is 1. The Morgan fingerprint density at radius 3 is 2.48 bits per heavy atom. The molecule has 136 valence electrons. The highest BCUT2D eigenvalue weighted by molar-refractivity contribution is 7.91. The van der Waals surface area contributed by atoms with Gasteiger partial charge in [0.1, 0.15) is 0 Å². The number of nitrogens with one attached hydrogen (secondary N) is 2. The maximum absolute atomic E-state index is 12.5. The van der Waals surface area contributed by atoms with Crippen LogP contribution in [0.25, 0.3) is 0 Å². The van der Waals surface area contributed by atoms with Crippen LogP contribution in [0.4, 0.5) is 4.79 Å². The van der Waals surface area contributed by atoms with Gasteiger partial charge in [0.05, 0.1) is 24.2 Å².